The van der Waals surface area contributed by atoms with Crippen LogP contribution in [-0.2, 0) is 9.84 Å². The topological polar surface area (TPSA) is 37.4 Å². The van der Waals surface area contributed by atoms with Crippen LogP contribution in [0.3, 0.4) is 0 Å². The first kappa shape index (κ1) is 13.0. The number of sulfone groups is 1. The van der Waals surface area contributed by atoms with Crippen LogP contribution in [-0.4, -0.2) is 44.0 Å². The fourth-order valence-electron chi connectivity index (χ4n) is 2.11. The fourth-order valence-corrected chi connectivity index (χ4v) is 3.73. The van der Waals surface area contributed by atoms with Gasteiger partial charge < -0.3 is 0 Å². The first-order valence-electron chi connectivity index (χ1n) is 5.99. The molecule has 4 heteroatoms. The largest absolute Gasteiger partial charge is 0.299 e. The number of hydrogen-bond donors (Lipinski definition) is 0. The molecule has 90 valence electrons. The smallest absolute Gasteiger partial charge is 0.153 e. The number of unbranched alkanes of at least 4 members (excludes halogenated alkanes) is 3. The molecule has 3 nitrogen and oxygen atoms in total. The summed E-state index contributed by atoms with van der Waals surface area (Å²) in [6.45, 7) is 6.03. The lowest BCUT2D eigenvalue weighted by Gasteiger charge is -2.33. The Labute approximate surface area is 93.8 Å². The van der Waals surface area contributed by atoms with Gasteiger partial charge in [-0.05, 0) is 19.9 Å². The lowest BCUT2D eigenvalue weighted by atomic mass is 10.2. The van der Waals surface area contributed by atoms with E-state index in [1.54, 1.807) is 0 Å². The molecule has 0 aliphatic carbocycles. The van der Waals surface area contributed by atoms with Crippen LogP contribution in [0.25, 0.3) is 0 Å². The van der Waals surface area contributed by atoms with E-state index in [0.717, 1.165) is 13.1 Å². The molecule has 0 spiro atoms. The van der Waals surface area contributed by atoms with Gasteiger partial charge in [0.2, 0.25) is 0 Å². The molecule has 0 aromatic heterocycles. The van der Waals surface area contributed by atoms with Gasteiger partial charge in [-0.3, -0.25) is 4.90 Å². The summed E-state index contributed by atoms with van der Waals surface area (Å²) in [7, 11) is -2.74. The van der Waals surface area contributed by atoms with Gasteiger partial charge >= 0.3 is 0 Å². The SMILES string of the molecule is CCCCCCN1CCS(=O)(=O)C[C@H]1C. The third-order valence-electron chi connectivity index (χ3n) is 3.11. The quantitative estimate of drug-likeness (QED) is 0.678. The Morgan fingerprint density at radius 3 is 2.60 bits per heavy atom. The average molecular weight is 233 g/mol. The van der Waals surface area contributed by atoms with Crippen molar-refractivity contribution in [2.24, 2.45) is 0 Å². The molecule has 1 atom stereocenters. The van der Waals surface area contributed by atoms with Gasteiger partial charge in [0.1, 0.15) is 0 Å². The lowest BCUT2D eigenvalue weighted by Crippen LogP contribution is -2.47. The molecule has 1 aliphatic heterocycles. The van der Waals surface area contributed by atoms with Gasteiger partial charge in [-0.25, -0.2) is 8.42 Å². The highest BCUT2D eigenvalue weighted by molar-refractivity contribution is 7.91. The molecule has 0 unspecified atom stereocenters. The van der Waals surface area contributed by atoms with Crippen LogP contribution in [0.15, 0.2) is 0 Å². The second-order valence-corrected chi connectivity index (χ2v) is 6.79. The zero-order valence-corrected chi connectivity index (χ0v) is 10.7. The zero-order valence-electron chi connectivity index (χ0n) is 9.91. The predicted molar refractivity (Wildman–Crippen MR) is 63.8 cm³/mol. The third-order valence-corrected chi connectivity index (χ3v) is 4.90. The van der Waals surface area contributed by atoms with E-state index < -0.39 is 9.84 Å². The summed E-state index contributed by atoms with van der Waals surface area (Å²) >= 11 is 0. The summed E-state index contributed by atoms with van der Waals surface area (Å²) in [6.07, 6.45) is 5.02. The maximum absolute atomic E-state index is 11.4. The van der Waals surface area contributed by atoms with E-state index >= 15 is 0 Å². The Morgan fingerprint density at radius 1 is 1.27 bits per heavy atom. The molecule has 15 heavy (non-hydrogen) atoms. The number of nitrogens with zero attached hydrogens (tertiary/aromatic N) is 1. The molecule has 1 saturated heterocycles. The molecule has 0 bridgehead atoms. The van der Waals surface area contributed by atoms with E-state index in [1.165, 1.54) is 25.7 Å². The zero-order chi connectivity index (χ0) is 11.3. The second kappa shape index (κ2) is 5.85. The minimum absolute atomic E-state index is 0.213. The Kier molecular flexibility index (Phi) is 5.06. The Bertz CT molecular complexity index is 274. The van der Waals surface area contributed by atoms with Crippen molar-refractivity contribution >= 4 is 9.84 Å². The number of hydrogen-bond acceptors (Lipinski definition) is 3. The molecule has 0 amide bonds. The summed E-state index contributed by atoms with van der Waals surface area (Å²) in [5.74, 6) is 0.700. The molecule has 0 radical (unpaired) electrons. The molecular weight excluding hydrogens is 210 g/mol. The third kappa shape index (κ3) is 4.51. The van der Waals surface area contributed by atoms with Crippen molar-refractivity contribution in [3.8, 4) is 0 Å². The Balaban J connectivity index is 2.26. The van der Waals surface area contributed by atoms with Crippen molar-refractivity contribution in [3.63, 3.8) is 0 Å². The summed E-state index contributed by atoms with van der Waals surface area (Å²) < 4.78 is 22.7. The fraction of sp³-hybridized carbons (Fsp3) is 1.00. The normalized spacial score (nSPS) is 26.7. The molecule has 0 aromatic carbocycles. The lowest BCUT2D eigenvalue weighted by molar-refractivity contribution is 0.222. The highest BCUT2D eigenvalue weighted by Gasteiger charge is 2.27. The van der Waals surface area contributed by atoms with Crippen molar-refractivity contribution < 1.29 is 8.42 Å². The van der Waals surface area contributed by atoms with Crippen molar-refractivity contribution in [1.82, 2.24) is 4.90 Å². The summed E-state index contributed by atoms with van der Waals surface area (Å²) in [5.41, 5.74) is 0. The van der Waals surface area contributed by atoms with E-state index in [1.807, 2.05) is 6.92 Å². The van der Waals surface area contributed by atoms with Crippen LogP contribution in [0.1, 0.15) is 39.5 Å². The van der Waals surface area contributed by atoms with Gasteiger partial charge in [-0.15, -0.1) is 0 Å². The second-order valence-electron chi connectivity index (χ2n) is 4.56. The minimum Gasteiger partial charge on any atom is -0.299 e. The van der Waals surface area contributed by atoms with Crippen LogP contribution >= 0.6 is 0 Å². The van der Waals surface area contributed by atoms with Gasteiger partial charge in [-0.1, -0.05) is 26.2 Å². The monoisotopic (exact) mass is 233 g/mol. The van der Waals surface area contributed by atoms with Crippen molar-refractivity contribution in [3.05, 3.63) is 0 Å². The average Bonchev–Trinajstić information content (AvgIpc) is 2.14. The van der Waals surface area contributed by atoms with Gasteiger partial charge in [0.25, 0.3) is 0 Å². The van der Waals surface area contributed by atoms with Gasteiger partial charge in [0.15, 0.2) is 9.84 Å². The molecule has 1 heterocycles. The van der Waals surface area contributed by atoms with Crippen LogP contribution in [0, 0.1) is 0 Å². The van der Waals surface area contributed by atoms with Crippen LogP contribution in [0.5, 0.6) is 0 Å². The Morgan fingerprint density at radius 2 is 2.00 bits per heavy atom. The molecule has 1 aliphatic rings. The Hall–Kier alpha value is -0.0900. The van der Waals surface area contributed by atoms with Crippen molar-refractivity contribution in [2.75, 3.05) is 24.6 Å². The summed E-state index contributed by atoms with van der Waals surface area (Å²) in [6, 6.07) is 0.213. The standard InChI is InChI=1S/C11H23NO2S/c1-3-4-5-6-7-12-8-9-15(13,14)10-11(12)2/h11H,3-10H2,1-2H3/t11-/m1/s1. The van der Waals surface area contributed by atoms with Gasteiger partial charge in [0.05, 0.1) is 11.5 Å². The van der Waals surface area contributed by atoms with Gasteiger partial charge in [-0.2, -0.15) is 0 Å². The molecule has 0 saturated carbocycles. The molecule has 0 aromatic rings. The summed E-state index contributed by atoms with van der Waals surface area (Å²) in [5, 5.41) is 0. The first-order valence-corrected chi connectivity index (χ1v) is 7.82. The van der Waals surface area contributed by atoms with Crippen LogP contribution < -0.4 is 0 Å². The molecule has 1 fully saturated rings. The number of rotatable bonds is 5. The highest BCUT2D eigenvalue weighted by Crippen LogP contribution is 2.12. The van der Waals surface area contributed by atoms with Crippen LogP contribution in [0.2, 0.25) is 0 Å². The van der Waals surface area contributed by atoms with Crippen molar-refractivity contribution in [1.29, 1.82) is 0 Å². The summed E-state index contributed by atoms with van der Waals surface area (Å²) in [4.78, 5) is 2.32. The van der Waals surface area contributed by atoms with E-state index in [0.29, 0.717) is 11.5 Å². The van der Waals surface area contributed by atoms with E-state index in [2.05, 4.69) is 11.8 Å². The van der Waals surface area contributed by atoms with E-state index in [4.69, 9.17) is 0 Å². The molecular formula is C11H23NO2S. The molecule has 1 rings (SSSR count). The maximum Gasteiger partial charge on any atom is 0.153 e. The molecule has 0 N–H and O–H groups in total. The van der Waals surface area contributed by atoms with Crippen LogP contribution in [0.4, 0.5) is 0 Å². The minimum atomic E-state index is -2.74. The van der Waals surface area contributed by atoms with Crippen molar-refractivity contribution in [2.45, 2.75) is 45.6 Å². The maximum atomic E-state index is 11.4. The van der Waals surface area contributed by atoms with Gasteiger partial charge in [0, 0.05) is 12.6 Å². The van der Waals surface area contributed by atoms with E-state index in [-0.39, 0.29) is 6.04 Å². The first-order chi connectivity index (χ1) is 7.05. The highest BCUT2D eigenvalue weighted by atomic mass is 32.2. The predicted octanol–water partition coefficient (Wildman–Crippen LogP) is 1.69. The van der Waals surface area contributed by atoms with E-state index in [9.17, 15) is 8.42 Å².